The van der Waals surface area contributed by atoms with Crippen molar-refractivity contribution in [3.8, 4) is 0 Å². The van der Waals surface area contributed by atoms with Gasteiger partial charge in [-0.05, 0) is 26.0 Å². The highest BCUT2D eigenvalue weighted by molar-refractivity contribution is 6.36. The molecule has 0 aliphatic carbocycles. The van der Waals surface area contributed by atoms with Gasteiger partial charge < -0.3 is 19.6 Å². The zero-order chi connectivity index (χ0) is 19.9. The number of hydrogen-bond donors (Lipinski definition) is 1. The standard InChI is InChI=1S/C18H18Cl2N4O3/c1-9-8-13(22-27-9)21-17(25)14-10(2)23(3)18(26)24(4)16(14)15-11(19)6-5-7-12(15)20/h5-8,16H,1-4H3,(H,21,22,25). The normalized spacial score (nSPS) is 17.6. The number of carbonyl (C=O) groups is 2. The Morgan fingerprint density at radius 1 is 1.22 bits per heavy atom. The molecule has 7 nitrogen and oxygen atoms in total. The Morgan fingerprint density at radius 3 is 2.41 bits per heavy atom. The summed E-state index contributed by atoms with van der Waals surface area (Å²) in [7, 11) is 3.20. The molecule has 27 heavy (non-hydrogen) atoms. The average Bonchev–Trinajstić information content (AvgIpc) is 3.02. The Labute approximate surface area is 166 Å². The van der Waals surface area contributed by atoms with E-state index in [1.165, 1.54) is 9.80 Å². The third-order valence-corrected chi connectivity index (χ3v) is 5.19. The van der Waals surface area contributed by atoms with Crippen molar-refractivity contribution in [1.29, 1.82) is 0 Å². The van der Waals surface area contributed by atoms with Crippen LogP contribution in [-0.2, 0) is 4.79 Å². The van der Waals surface area contributed by atoms with Gasteiger partial charge in [0.05, 0.1) is 11.6 Å². The monoisotopic (exact) mass is 408 g/mol. The largest absolute Gasteiger partial charge is 0.360 e. The number of urea groups is 1. The number of allylic oxidation sites excluding steroid dienone is 1. The van der Waals surface area contributed by atoms with Gasteiger partial charge in [-0.15, -0.1) is 0 Å². The molecule has 0 radical (unpaired) electrons. The van der Waals surface area contributed by atoms with Crippen LogP contribution in [0.3, 0.4) is 0 Å². The molecule has 0 saturated carbocycles. The molecule has 0 saturated heterocycles. The van der Waals surface area contributed by atoms with Crippen LogP contribution in [0, 0.1) is 6.92 Å². The van der Waals surface area contributed by atoms with Crippen LogP contribution in [0.4, 0.5) is 10.6 Å². The molecule has 9 heteroatoms. The maximum absolute atomic E-state index is 13.1. The fourth-order valence-corrected chi connectivity index (χ4v) is 3.67. The third kappa shape index (κ3) is 3.40. The summed E-state index contributed by atoms with van der Waals surface area (Å²) in [6.07, 6.45) is 0. The second-order valence-electron chi connectivity index (χ2n) is 6.27. The van der Waals surface area contributed by atoms with E-state index < -0.39 is 11.9 Å². The van der Waals surface area contributed by atoms with E-state index in [-0.39, 0.29) is 11.8 Å². The van der Waals surface area contributed by atoms with Gasteiger partial charge >= 0.3 is 6.03 Å². The van der Waals surface area contributed by atoms with E-state index in [9.17, 15) is 9.59 Å². The Bertz CT molecular complexity index is 934. The van der Waals surface area contributed by atoms with Gasteiger partial charge in [0.25, 0.3) is 5.91 Å². The van der Waals surface area contributed by atoms with Crippen LogP contribution in [0.5, 0.6) is 0 Å². The Balaban J connectivity index is 2.13. The minimum absolute atomic E-state index is 0.276. The topological polar surface area (TPSA) is 78.7 Å². The highest BCUT2D eigenvalue weighted by Gasteiger charge is 2.40. The third-order valence-electron chi connectivity index (χ3n) is 4.53. The van der Waals surface area contributed by atoms with Crippen LogP contribution in [0.25, 0.3) is 0 Å². The van der Waals surface area contributed by atoms with Crippen molar-refractivity contribution in [2.45, 2.75) is 19.9 Å². The molecule has 1 N–H and O–H groups in total. The van der Waals surface area contributed by atoms with Crippen molar-refractivity contribution < 1.29 is 14.1 Å². The number of rotatable bonds is 3. The summed E-state index contributed by atoms with van der Waals surface area (Å²) in [5.74, 6) is 0.423. The molecule has 1 aromatic carbocycles. The number of hydrogen-bond acceptors (Lipinski definition) is 4. The maximum Gasteiger partial charge on any atom is 0.324 e. The van der Waals surface area contributed by atoms with Gasteiger partial charge in [-0.1, -0.05) is 34.4 Å². The van der Waals surface area contributed by atoms with Crippen LogP contribution in [0.1, 0.15) is 24.3 Å². The summed E-state index contributed by atoms with van der Waals surface area (Å²) in [5, 5.41) is 7.23. The first-order valence-corrected chi connectivity index (χ1v) is 8.87. The molecule has 0 fully saturated rings. The zero-order valence-electron chi connectivity index (χ0n) is 15.2. The van der Waals surface area contributed by atoms with Crippen LogP contribution in [-0.4, -0.2) is 41.0 Å². The summed E-state index contributed by atoms with van der Waals surface area (Å²) in [6, 6.07) is 5.63. The summed E-state index contributed by atoms with van der Waals surface area (Å²) in [4.78, 5) is 28.6. The smallest absolute Gasteiger partial charge is 0.324 e. The van der Waals surface area contributed by atoms with Gasteiger partial charge in [0.2, 0.25) is 0 Å². The molecule has 1 unspecified atom stereocenters. The highest BCUT2D eigenvalue weighted by Crippen LogP contribution is 2.42. The van der Waals surface area contributed by atoms with Crippen molar-refractivity contribution in [3.05, 3.63) is 56.9 Å². The molecule has 0 bridgehead atoms. The minimum Gasteiger partial charge on any atom is -0.360 e. The lowest BCUT2D eigenvalue weighted by molar-refractivity contribution is -0.113. The van der Waals surface area contributed by atoms with E-state index in [0.29, 0.717) is 32.6 Å². The number of amides is 3. The molecule has 2 heterocycles. The number of aromatic nitrogens is 1. The van der Waals surface area contributed by atoms with E-state index in [2.05, 4.69) is 10.5 Å². The molecule has 0 spiro atoms. The Kier molecular flexibility index (Phi) is 5.17. The molecule has 1 atom stereocenters. The summed E-state index contributed by atoms with van der Waals surface area (Å²) >= 11 is 12.8. The quantitative estimate of drug-likeness (QED) is 0.823. The van der Waals surface area contributed by atoms with Crippen LogP contribution >= 0.6 is 23.2 Å². The number of carbonyl (C=O) groups excluding carboxylic acids is 2. The van der Waals surface area contributed by atoms with Gasteiger partial charge in [0, 0.05) is 41.5 Å². The van der Waals surface area contributed by atoms with Crippen molar-refractivity contribution in [2.24, 2.45) is 0 Å². The lowest BCUT2D eigenvalue weighted by Gasteiger charge is -2.40. The van der Waals surface area contributed by atoms with E-state index in [1.54, 1.807) is 52.2 Å². The summed E-state index contributed by atoms with van der Waals surface area (Å²) < 4.78 is 4.99. The van der Waals surface area contributed by atoms with Crippen molar-refractivity contribution in [1.82, 2.24) is 15.0 Å². The summed E-state index contributed by atoms with van der Waals surface area (Å²) in [5.41, 5.74) is 1.33. The first-order chi connectivity index (χ1) is 12.7. The summed E-state index contributed by atoms with van der Waals surface area (Å²) in [6.45, 7) is 3.42. The molecular weight excluding hydrogens is 391 g/mol. The lowest BCUT2D eigenvalue weighted by atomic mass is 9.93. The second-order valence-corrected chi connectivity index (χ2v) is 7.08. The molecule has 1 aliphatic heterocycles. The van der Waals surface area contributed by atoms with Crippen LogP contribution in [0.15, 0.2) is 40.1 Å². The average molecular weight is 409 g/mol. The number of nitrogens with one attached hydrogen (secondary N) is 1. The predicted octanol–water partition coefficient (Wildman–Crippen LogP) is 4.24. The number of anilines is 1. The first-order valence-electron chi connectivity index (χ1n) is 8.12. The molecule has 3 rings (SSSR count). The highest BCUT2D eigenvalue weighted by atomic mass is 35.5. The predicted molar refractivity (Wildman–Crippen MR) is 103 cm³/mol. The number of benzene rings is 1. The van der Waals surface area contributed by atoms with Gasteiger partial charge in [-0.3, -0.25) is 4.79 Å². The number of halogens is 2. The van der Waals surface area contributed by atoms with Gasteiger partial charge in [0.15, 0.2) is 5.82 Å². The number of likely N-dealkylation sites (N-methyl/N-ethyl adjacent to an activating group) is 1. The molecule has 2 aromatic rings. The maximum atomic E-state index is 13.1. The first kappa shape index (κ1) is 19.3. The second kappa shape index (κ2) is 7.25. The van der Waals surface area contributed by atoms with Crippen LogP contribution < -0.4 is 5.32 Å². The van der Waals surface area contributed by atoms with E-state index >= 15 is 0 Å². The van der Waals surface area contributed by atoms with Crippen molar-refractivity contribution in [3.63, 3.8) is 0 Å². The van der Waals surface area contributed by atoms with Gasteiger partial charge in [0.1, 0.15) is 5.76 Å². The van der Waals surface area contributed by atoms with E-state index in [0.717, 1.165) is 0 Å². The molecule has 142 valence electrons. The number of aryl methyl sites for hydroxylation is 1. The van der Waals surface area contributed by atoms with Gasteiger partial charge in [-0.25, -0.2) is 4.79 Å². The fourth-order valence-electron chi connectivity index (χ4n) is 3.07. The number of nitrogens with zero attached hydrogens (tertiary/aromatic N) is 3. The Hall–Kier alpha value is -2.51. The SMILES string of the molecule is CC1=C(C(=O)Nc2cc(C)on2)C(c2c(Cl)cccc2Cl)N(C)C(=O)N1C. The van der Waals surface area contributed by atoms with Crippen molar-refractivity contribution >= 4 is 41.0 Å². The van der Waals surface area contributed by atoms with E-state index in [1.807, 2.05) is 0 Å². The fraction of sp³-hybridized carbons (Fsp3) is 0.278. The lowest BCUT2D eigenvalue weighted by Crippen LogP contribution is -2.48. The molecule has 1 aromatic heterocycles. The Morgan fingerprint density at radius 2 is 1.85 bits per heavy atom. The minimum atomic E-state index is -0.747. The molecule has 1 aliphatic rings. The molecular formula is C18H18Cl2N4O3. The van der Waals surface area contributed by atoms with E-state index in [4.69, 9.17) is 27.7 Å². The van der Waals surface area contributed by atoms with Gasteiger partial charge in [-0.2, -0.15) is 0 Å². The van der Waals surface area contributed by atoms with Crippen LogP contribution in [0.2, 0.25) is 10.0 Å². The van der Waals surface area contributed by atoms with Crippen molar-refractivity contribution in [2.75, 3.05) is 19.4 Å². The molecule has 3 amide bonds. The zero-order valence-corrected chi connectivity index (χ0v) is 16.7.